The number of rotatable bonds is 5. The first-order valence-corrected chi connectivity index (χ1v) is 7.52. The van der Waals surface area contributed by atoms with Crippen molar-refractivity contribution in [2.75, 3.05) is 19.8 Å². The molecule has 0 saturated heterocycles. The lowest BCUT2D eigenvalue weighted by atomic mass is 9.84. The Kier molecular flexibility index (Phi) is 7.06. The van der Waals surface area contributed by atoms with E-state index in [1.165, 1.54) is 19.3 Å². The summed E-state index contributed by atoms with van der Waals surface area (Å²) in [7, 11) is 1.80. The van der Waals surface area contributed by atoms with Crippen molar-refractivity contribution >= 4 is 41.7 Å². The van der Waals surface area contributed by atoms with Crippen LogP contribution in [0.25, 0.3) is 0 Å². The van der Waals surface area contributed by atoms with Crippen LogP contribution in [0.4, 0.5) is 0 Å². The van der Waals surface area contributed by atoms with E-state index in [2.05, 4.69) is 21.9 Å². The Morgan fingerprint density at radius 1 is 1.47 bits per heavy atom. The number of hydrogen-bond acceptors (Lipinski definition) is 3. The van der Waals surface area contributed by atoms with Crippen LogP contribution in [0.15, 0.2) is 27.8 Å². The molecule has 0 unspecified atom stereocenters. The molecule has 2 rings (SSSR count). The van der Waals surface area contributed by atoms with Crippen LogP contribution in [-0.2, 0) is 6.54 Å². The molecule has 6 heteroatoms. The predicted molar refractivity (Wildman–Crippen MR) is 92.4 cm³/mol. The van der Waals surface area contributed by atoms with Gasteiger partial charge in [0.25, 0.3) is 0 Å². The van der Waals surface area contributed by atoms with Gasteiger partial charge in [-0.25, -0.2) is 0 Å². The zero-order valence-electron chi connectivity index (χ0n) is 11.4. The summed E-state index contributed by atoms with van der Waals surface area (Å²) in [4.78, 5) is 4.23. The maximum atomic E-state index is 5.28. The predicted octanol–water partition coefficient (Wildman–Crippen LogP) is 2.85. The van der Waals surface area contributed by atoms with Gasteiger partial charge < -0.3 is 15.1 Å². The Hall–Kier alpha value is -0.370. The molecule has 0 spiro atoms. The van der Waals surface area contributed by atoms with Crippen molar-refractivity contribution in [1.29, 1.82) is 0 Å². The molecule has 4 nitrogen and oxygen atoms in total. The average Bonchev–Trinajstić information content (AvgIpc) is 2.85. The number of thioether (sulfide) groups is 1. The van der Waals surface area contributed by atoms with Gasteiger partial charge in [-0.2, -0.15) is 11.8 Å². The summed E-state index contributed by atoms with van der Waals surface area (Å²) in [5.74, 6) is 1.76. The van der Waals surface area contributed by atoms with Gasteiger partial charge in [0.15, 0.2) is 5.96 Å². The van der Waals surface area contributed by atoms with Crippen molar-refractivity contribution in [3.8, 4) is 0 Å². The topological polar surface area (TPSA) is 49.6 Å². The van der Waals surface area contributed by atoms with Crippen LogP contribution in [0, 0.1) is 0 Å². The van der Waals surface area contributed by atoms with Gasteiger partial charge in [0.05, 0.1) is 12.8 Å². The van der Waals surface area contributed by atoms with E-state index in [9.17, 15) is 0 Å². The molecule has 1 heterocycles. The third-order valence-electron chi connectivity index (χ3n) is 3.51. The van der Waals surface area contributed by atoms with Gasteiger partial charge in [0.1, 0.15) is 5.76 Å². The minimum atomic E-state index is 0. The van der Waals surface area contributed by atoms with Crippen LogP contribution in [0.1, 0.15) is 25.0 Å². The summed E-state index contributed by atoms with van der Waals surface area (Å²) in [6, 6.07) is 3.85. The number of aliphatic imine (C=N–C) groups is 1. The number of nitrogens with one attached hydrogen (secondary N) is 2. The molecule has 0 radical (unpaired) electrons. The monoisotopic (exact) mass is 395 g/mol. The molecule has 1 aromatic heterocycles. The van der Waals surface area contributed by atoms with E-state index in [0.717, 1.165) is 18.3 Å². The number of nitrogens with zero attached hydrogens (tertiary/aromatic N) is 1. The lowest BCUT2D eigenvalue weighted by molar-refractivity contribution is 0.360. The maximum absolute atomic E-state index is 5.28. The van der Waals surface area contributed by atoms with Crippen molar-refractivity contribution in [3.05, 3.63) is 24.2 Å². The van der Waals surface area contributed by atoms with Gasteiger partial charge in [0, 0.05) is 18.3 Å². The highest BCUT2D eigenvalue weighted by molar-refractivity contribution is 14.0. The summed E-state index contributed by atoms with van der Waals surface area (Å²) < 4.78 is 5.70. The fraction of sp³-hybridized carbons (Fsp3) is 0.615. The van der Waals surface area contributed by atoms with E-state index in [1.54, 1.807) is 13.3 Å². The number of halogens is 1. The number of hydrogen-bond donors (Lipinski definition) is 2. The fourth-order valence-electron chi connectivity index (χ4n) is 2.07. The Labute approximate surface area is 136 Å². The second kappa shape index (κ2) is 8.04. The van der Waals surface area contributed by atoms with Crippen LogP contribution < -0.4 is 10.6 Å². The first-order chi connectivity index (χ1) is 8.78. The van der Waals surface area contributed by atoms with Gasteiger partial charge in [-0.1, -0.05) is 6.42 Å². The second-order valence-corrected chi connectivity index (χ2v) is 5.87. The molecule has 0 atom stereocenters. The van der Waals surface area contributed by atoms with Crippen LogP contribution in [0.5, 0.6) is 0 Å². The first-order valence-electron chi connectivity index (χ1n) is 6.30. The highest BCUT2D eigenvalue weighted by Crippen LogP contribution is 2.42. The molecule has 0 amide bonds. The molecule has 108 valence electrons. The fourth-order valence-corrected chi connectivity index (χ4v) is 2.99. The van der Waals surface area contributed by atoms with Gasteiger partial charge in [-0.3, -0.25) is 4.99 Å². The Morgan fingerprint density at radius 2 is 2.26 bits per heavy atom. The Bertz CT molecular complexity index is 385. The van der Waals surface area contributed by atoms with Crippen LogP contribution in [-0.4, -0.2) is 30.6 Å². The second-order valence-electron chi connectivity index (χ2n) is 4.60. The summed E-state index contributed by atoms with van der Waals surface area (Å²) in [6.07, 6.45) is 7.83. The van der Waals surface area contributed by atoms with E-state index in [4.69, 9.17) is 4.42 Å². The molecule has 1 aliphatic carbocycles. The molecule has 0 aliphatic heterocycles. The average molecular weight is 395 g/mol. The molecule has 1 aliphatic rings. The molecule has 0 bridgehead atoms. The van der Waals surface area contributed by atoms with Gasteiger partial charge in [-0.05, 0) is 31.2 Å². The quantitative estimate of drug-likeness (QED) is 0.458. The van der Waals surface area contributed by atoms with Gasteiger partial charge in [0.2, 0.25) is 0 Å². The molecule has 1 aromatic rings. The van der Waals surface area contributed by atoms with E-state index in [0.29, 0.717) is 11.3 Å². The summed E-state index contributed by atoms with van der Waals surface area (Å²) in [5, 5.41) is 6.65. The van der Waals surface area contributed by atoms with E-state index < -0.39 is 0 Å². The SMILES string of the molecule is CN=C(NCc1ccco1)NCC1(SC)CCC1.I. The smallest absolute Gasteiger partial charge is 0.191 e. The molecule has 1 saturated carbocycles. The lowest BCUT2D eigenvalue weighted by Crippen LogP contribution is -2.48. The van der Waals surface area contributed by atoms with E-state index in [-0.39, 0.29) is 24.0 Å². The van der Waals surface area contributed by atoms with Crippen molar-refractivity contribution in [2.45, 2.75) is 30.6 Å². The van der Waals surface area contributed by atoms with Crippen molar-refractivity contribution < 1.29 is 4.42 Å². The normalized spacial score (nSPS) is 17.3. The summed E-state index contributed by atoms with van der Waals surface area (Å²) in [5.41, 5.74) is 0. The largest absolute Gasteiger partial charge is 0.467 e. The van der Waals surface area contributed by atoms with Crippen LogP contribution in [0.2, 0.25) is 0 Å². The first kappa shape index (κ1) is 16.7. The highest BCUT2D eigenvalue weighted by Gasteiger charge is 2.35. The van der Waals surface area contributed by atoms with Gasteiger partial charge in [-0.15, -0.1) is 24.0 Å². The van der Waals surface area contributed by atoms with Gasteiger partial charge >= 0.3 is 0 Å². The maximum Gasteiger partial charge on any atom is 0.191 e. The van der Waals surface area contributed by atoms with Crippen LogP contribution in [0.3, 0.4) is 0 Å². The van der Waals surface area contributed by atoms with E-state index in [1.807, 2.05) is 23.9 Å². The molecular formula is C13H22IN3OS. The summed E-state index contributed by atoms with van der Waals surface area (Å²) in [6.45, 7) is 1.64. The van der Waals surface area contributed by atoms with Crippen molar-refractivity contribution in [1.82, 2.24) is 10.6 Å². The minimum Gasteiger partial charge on any atom is -0.467 e. The van der Waals surface area contributed by atoms with Crippen molar-refractivity contribution in [3.63, 3.8) is 0 Å². The Balaban J connectivity index is 0.00000180. The standard InChI is InChI=1S/C13H21N3OS.HI/c1-14-12(15-9-11-5-3-8-17-11)16-10-13(18-2)6-4-7-13;/h3,5,8H,4,6-7,9-10H2,1-2H3,(H2,14,15,16);1H. The molecule has 2 N–H and O–H groups in total. The molecule has 0 aromatic carbocycles. The molecular weight excluding hydrogens is 373 g/mol. The highest BCUT2D eigenvalue weighted by atomic mass is 127. The van der Waals surface area contributed by atoms with E-state index >= 15 is 0 Å². The van der Waals surface area contributed by atoms with Crippen molar-refractivity contribution in [2.24, 2.45) is 4.99 Å². The third kappa shape index (κ3) is 4.59. The number of furan rings is 1. The zero-order chi connectivity index (χ0) is 12.8. The molecule has 1 fully saturated rings. The molecule has 19 heavy (non-hydrogen) atoms. The minimum absolute atomic E-state index is 0. The summed E-state index contributed by atoms with van der Waals surface area (Å²) >= 11 is 1.96. The zero-order valence-corrected chi connectivity index (χ0v) is 14.6. The Morgan fingerprint density at radius 3 is 2.74 bits per heavy atom. The lowest BCUT2D eigenvalue weighted by Gasteiger charge is -2.40. The third-order valence-corrected chi connectivity index (χ3v) is 4.93. The van der Waals surface area contributed by atoms with Crippen LogP contribution >= 0.6 is 35.7 Å². The number of guanidine groups is 1.